The van der Waals surface area contributed by atoms with E-state index in [1.54, 1.807) is 18.3 Å². The summed E-state index contributed by atoms with van der Waals surface area (Å²) in [5, 5.41) is 0.650. The number of ether oxygens (including phenoxy) is 2. The Hall–Kier alpha value is -2.64. The van der Waals surface area contributed by atoms with Crippen LogP contribution in [0.25, 0.3) is 0 Å². The molecule has 2 aliphatic heterocycles. The summed E-state index contributed by atoms with van der Waals surface area (Å²) >= 11 is 5.99. The monoisotopic (exact) mass is 471 g/mol. The quantitative estimate of drug-likeness (QED) is 0.643. The van der Waals surface area contributed by atoms with Crippen molar-refractivity contribution in [3.8, 4) is 5.75 Å². The number of rotatable bonds is 6. The first kappa shape index (κ1) is 23.5. The molecule has 3 heterocycles. The molecule has 2 amide bonds. The van der Waals surface area contributed by atoms with E-state index >= 15 is 0 Å². The summed E-state index contributed by atoms with van der Waals surface area (Å²) in [6.07, 6.45) is 3.42. The minimum Gasteiger partial charge on any atom is -0.493 e. The molecule has 4 rings (SSSR count). The lowest BCUT2D eigenvalue weighted by Crippen LogP contribution is -2.49. The highest BCUT2D eigenvalue weighted by atomic mass is 35.5. The van der Waals surface area contributed by atoms with Crippen LogP contribution in [0.5, 0.6) is 5.75 Å². The molecule has 0 atom stereocenters. The number of piperidine rings is 1. The van der Waals surface area contributed by atoms with Gasteiger partial charge in [-0.2, -0.15) is 0 Å². The highest BCUT2D eigenvalue weighted by molar-refractivity contribution is 6.30. The van der Waals surface area contributed by atoms with E-state index in [9.17, 15) is 9.59 Å². The molecule has 0 bridgehead atoms. The van der Waals surface area contributed by atoms with Crippen LogP contribution < -0.4 is 4.74 Å². The van der Waals surface area contributed by atoms with E-state index in [2.05, 4.69) is 4.98 Å². The molecule has 0 unspecified atom stereocenters. The van der Waals surface area contributed by atoms with Crippen molar-refractivity contribution in [2.75, 3.05) is 46.0 Å². The molecule has 8 heteroatoms. The molecule has 1 aromatic carbocycles. The molecule has 2 aromatic rings. The number of likely N-dealkylation sites (tertiary alicyclic amines) is 1. The maximum atomic E-state index is 13.1. The lowest BCUT2D eigenvalue weighted by atomic mass is 9.75. The predicted molar refractivity (Wildman–Crippen MR) is 126 cm³/mol. The summed E-state index contributed by atoms with van der Waals surface area (Å²) in [5.41, 5.74) is 1.14. The van der Waals surface area contributed by atoms with Crippen molar-refractivity contribution in [2.24, 2.45) is 5.41 Å². The molecule has 0 saturated carbocycles. The van der Waals surface area contributed by atoms with E-state index in [1.807, 2.05) is 41.0 Å². The maximum absolute atomic E-state index is 13.1. The highest BCUT2D eigenvalue weighted by Crippen LogP contribution is 2.37. The number of morpholine rings is 1. The number of carbonyl (C=O) groups is 2. The van der Waals surface area contributed by atoms with Crippen LogP contribution in [-0.4, -0.2) is 72.6 Å². The Balaban J connectivity index is 1.44. The molecule has 2 saturated heterocycles. The zero-order valence-electron chi connectivity index (χ0n) is 19.0. The number of aryl methyl sites for hydroxylation is 1. The smallest absolute Gasteiger partial charge is 0.255 e. The van der Waals surface area contributed by atoms with Crippen molar-refractivity contribution >= 4 is 23.4 Å². The van der Waals surface area contributed by atoms with Gasteiger partial charge in [-0.15, -0.1) is 0 Å². The van der Waals surface area contributed by atoms with Gasteiger partial charge in [0.05, 0.1) is 25.4 Å². The fourth-order valence-electron chi connectivity index (χ4n) is 4.35. The third-order valence-electron chi connectivity index (χ3n) is 6.52. The number of hydrogen-bond acceptors (Lipinski definition) is 5. The van der Waals surface area contributed by atoms with Crippen LogP contribution in [0.4, 0.5) is 0 Å². The summed E-state index contributed by atoms with van der Waals surface area (Å²) in [6, 6.07) is 10.9. The van der Waals surface area contributed by atoms with Gasteiger partial charge < -0.3 is 19.3 Å². The fourth-order valence-corrected chi connectivity index (χ4v) is 4.47. The highest BCUT2D eigenvalue weighted by Gasteiger charge is 2.40. The van der Waals surface area contributed by atoms with Crippen LogP contribution in [0.3, 0.4) is 0 Å². The molecule has 2 aliphatic rings. The Labute approximate surface area is 199 Å². The molecule has 0 N–H and O–H groups in total. The Bertz CT molecular complexity index is 951. The van der Waals surface area contributed by atoms with Gasteiger partial charge in [0.15, 0.2) is 0 Å². The van der Waals surface area contributed by atoms with Crippen molar-refractivity contribution in [2.45, 2.75) is 26.2 Å². The van der Waals surface area contributed by atoms with Crippen LogP contribution in [0.1, 0.15) is 35.3 Å². The van der Waals surface area contributed by atoms with E-state index in [4.69, 9.17) is 21.1 Å². The number of hydrogen-bond donors (Lipinski definition) is 0. The van der Waals surface area contributed by atoms with E-state index < -0.39 is 0 Å². The number of amides is 2. The first-order valence-corrected chi connectivity index (χ1v) is 11.8. The SMILES string of the molecule is Cc1ccc(C(=O)N2CCC(COc3ccc(Cl)cc3)(CC(=O)N3CCOCC3)CC2)cn1. The average molecular weight is 472 g/mol. The molecule has 2 fully saturated rings. The van der Waals surface area contributed by atoms with Gasteiger partial charge in [-0.1, -0.05) is 11.6 Å². The van der Waals surface area contributed by atoms with Crippen LogP contribution in [0.15, 0.2) is 42.6 Å². The van der Waals surface area contributed by atoms with Gasteiger partial charge in [-0.25, -0.2) is 0 Å². The van der Waals surface area contributed by atoms with Crippen molar-refractivity contribution in [3.63, 3.8) is 0 Å². The second-order valence-corrected chi connectivity index (χ2v) is 9.33. The molecular formula is C25H30ClN3O4. The predicted octanol–water partition coefficient (Wildman–Crippen LogP) is 3.59. The standard InChI is InChI=1S/C25H30ClN3O4/c1-19-2-3-20(17-27-19)24(31)29-10-8-25(9-11-29,16-23(30)28-12-14-32-15-13-28)18-33-22-6-4-21(26)5-7-22/h2-7,17H,8-16,18H2,1H3. The van der Waals surface area contributed by atoms with E-state index in [0.717, 1.165) is 11.4 Å². The zero-order valence-corrected chi connectivity index (χ0v) is 19.7. The largest absolute Gasteiger partial charge is 0.493 e. The van der Waals surface area contributed by atoms with E-state index in [1.165, 1.54) is 0 Å². The second kappa shape index (κ2) is 10.5. The number of benzene rings is 1. The lowest BCUT2D eigenvalue weighted by Gasteiger charge is -2.42. The molecule has 7 nitrogen and oxygen atoms in total. The molecule has 0 spiro atoms. The van der Waals surface area contributed by atoms with Crippen LogP contribution in [0, 0.1) is 12.3 Å². The number of carbonyl (C=O) groups excluding carboxylic acids is 2. The van der Waals surface area contributed by atoms with Gasteiger partial charge in [0.1, 0.15) is 5.75 Å². The molecule has 0 aliphatic carbocycles. The second-order valence-electron chi connectivity index (χ2n) is 8.89. The van der Waals surface area contributed by atoms with Gasteiger partial charge in [0.2, 0.25) is 5.91 Å². The Morgan fingerprint density at radius 2 is 1.73 bits per heavy atom. The van der Waals surface area contributed by atoms with Gasteiger partial charge in [-0.05, 0) is 56.2 Å². The van der Waals surface area contributed by atoms with Crippen molar-refractivity contribution in [1.29, 1.82) is 0 Å². The first-order valence-electron chi connectivity index (χ1n) is 11.4. The third-order valence-corrected chi connectivity index (χ3v) is 6.77. The Morgan fingerprint density at radius 3 is 2.36 bits per heavy atom. The number of pyridine rings is 1. The minimum absolute atomic E-state index is 0.0192. The van der Waals surface area contributed by atoms with Crippen LogP contribution in [0.2, 0.25) is 5.02 Å². The molecular weight excluding hydrogens is 442 g/mol. The van der Waals surface area contributed by atoms with Gasteiger partial charge in [-0.3, -0.25) is 14.6 Å². The molecule has 0 radical (unpaired) electrons. The normalized spacial score (nSPS) is 18.1. The van der Waals surface area contributed by atoms with Crippen LogP contribution in [-0.2, 0) is 9.53 Å². The summed E-state index contributed by atoms with van der Waals surface area (Å²) in [6.45, 7) is 5.87. The number of nitrogens with zero attached hydrogens (tertiary/aromatic N) is 3. The topological polar surface area (TPSA) is 72.0 Å². The number of halogens is 1. The number of aromatic nitrogens is 1. The molecule has 33 heavy (non-hydrogen) atoms. The van der Waals surface area contributed by atoms with Gasteiger partial charge >= 0.3 is 0 Å². The van der Waals surface area contributed by atoms with Gasteiger partial charge in [0.25, 0.3) is 5.91 Å². The fraction of sp³-hybridized carbons (Fsp3) is 0.480. The molecule has 176 valence electrons. The van der Waals surface area contributed by atoms with Crippen molar-refractivity contribution in [1.82, 2.24) is 14.8 Å². The third kappa shape index (κ3) is 6.03. The first-order chi connectivity index (χ1) is 15.9. The van der Waals surface area contributed by atoms with Gasteiger partial charge in [0, 0.05) is 54.9 Å². The Morgan fingerprint density at radius 1 is 1.03 bits per heavy atom. The van der Waals surface area contributed by atoms with Crippen LogP contribution >= 0.6 is 11.6 Å². The summed E-state index contributed by atoms with van der Waals surface area (Å²) in [7, 11) is 0. The lowest BCUT2D eigenvalue weighted by molar-refractivity contribution is -0.139. The van der Waals surface area contributed by atoms with Crippen molar-refractivity contribution in [3.05, 3.63) is 58.9 Å². The maximum Gasteiger partial charge on any atom is 0.255 e. The van der Waals surface area contributed by atoms with Crippen molar-refractivity contribution < 1.29 is 19.1 Å². The zero-order chi connectivity index (χ0) is 23.3. The minimum atomic E-state index is -0.336. The average Bonchev–Trinajstić information content (AvgIpc) is 2.85. The van der Waals surface area contributed by atoms with E-state index in [0.29, 0.717) is 75.8 Å². The molecule has 1 aromatic heterocycles. The summed E-state index contributed by atoms with van der Waals surface area (Å²) < 4.78 is 11.5. The summed E-state index contributed by atoms with van der Waals surface area (Å²) in [4.78, 5) is 34.0. The van der Waals surface area contributed by atoms with E-state index in [-0.39, 0.29) is 17.2 Å². The Kier molecular flexibility index (Phi) is 7.50. The summed E-state index contributed by atoms with van der Waals surface area (Å²) in [5.74, 6) is 0.830.